The highest BCUT2D eigenvalue weighted by Gasteiger charge is 2.19. The van der Waals surface area contributed by atoms with E-state index in [0.29, 0.717) is 22.0 Å². The van der Waals surface area contributed by atoms with Gasteiger partial charge in [0.15, 0.2) is 11.2 Å². The molecule has 0 spiro atoms. The van der Waals surface area contributed by atoms with E-state index in [9.17, 15) is 14.9 Å². The Morgan fingerprint density at radius 2 is 2.00 bits per heavy atom. The lowest BCUT2D eigenvalue weighted by molar-refractivity contribution is -0.385. The Morgan fingerprint density at radius 3 is 2.63 bits per heavy atom. The van der Waals surface area contributed by atoms with E-state index < -0.39 is 16.9 Å². The summed E-state index contributed by atoms with van der Waals surface area (Å²) in [5, 5.41) is 16.9. The molecule has 0 saturated carbocycles. The Bertz CT molecular complexity index is 908. The SMILES string of the molecule is Cc1c(NC(=S)NC(=O)C(C)Oc2ccc(Cl)cc2Cl)cccc1[N+](=O)[O-]. The molecule has 0 aliphatic heterocycles. The third-order valence-corrected chi connectivity index (χ3v) is 4.29. The average molecular weight is 428 g/mol. The summed E-state index contributed by atoms with van der Waals surface area (Å²) >= 11 is 16.9. The van der Waals surface area contributed by atoms with Crippen LogP contribution < -0.4 is 15.4 Å². The molecule has 0 aliphatic carbocycles. The lowest BCUT2D eigenvalue weighted by Gasteiger charge is -2.17. The summed E-state index contributed by atoms with van der Waals surface area (Å²) in [6.07, 6.45) is -0.894. The first-order valence-corrected chi connectivity index (χ1v) is 8.83. The number of hydrogen-bond donors (Lipinski definition) is 2. The predicted molar refractivity (Wildman–Crippen MR) is 109 cm³/mol. The summed E-state index contributed by atoms with van der Waals surface area (Å²) < 4.78 is 5.51. The number of nitrogens with one attached hydrogen (secondary N) is 2. The lowest BCUT2D eigenvalue weighted by atomic mass is 10.1. The zero-order valence-corrected chi connectivity index (χ0v) is 16.6. The molecule has 0 aliphatic rings. The van der Waals surface area contributed by atoms with E-state index in [4.69, 9.17) is 40.2 Å². The minimum Gasteiger partial charge on any atom is -0.479 e. The number of carbonyl (C=O) groups excluding carboxylic acids is 1. The average Bonchev–Trinajstić information content (AvgIpc) is 2.58. The second-order valence-electron chi connectivity index (χ2n) is 5.49. The van der Waals surface area contributed by atoms with Gasteiger partial charge in [0.1, 0.15) is 5.75 Å². The quantitative estimate of drug-likeness (QED) is 0.414. The second kappa shape index (κ2) is 8.98. The molecule has 0 radical (unpaired) electrons. The number of nitrogens with zero attached hydrogens (tertiary/aromatic N) is 1. The molecule has 0 heterocycles. The molecule has 0 aromatic heterocycles. The van der Waals surface area contributed by atoms with Crippen molar-refractivity contribution >= 4 is 57.8 Å². The summed E-state index contributed by atoms with van der Waals surface area (Å²) in [5.74, 6) is -0.210. The maximum atomic E-state index is 12.2. The van der Waals surface area contributed by atoms with E-state index in [1.165, 1.54) is 25.1 Å². The van der Waals surface area contributed by atoms with Crippen molar-refractivity contribution < 1.29 is 14.5 Å². The van der Waals surface area contributed by atoms with Crippen LogP contribution in [-0.4, -0.2) is 22.0 Å². The van der Waals surface area contributed by atoms with Gasteiger partial charge in [-0.2, -0.15) is 0 Å². The third-order valence-electron chi connectivity index (χ3n) is 3.55. The Balaban J connectivity index is 2.00. The topological polar surface area (TPSA) is 93.5 Å². The van der Waals surface area contributed by atoms with Gasteiger partial charge in [-0.25, -0.2) is 0 Å². The van der Waals surface area contributed by atoms with Crippen molar-refractivity contribution in [3.63, 3.8) is 0 Å². The number of thiocarbonyl (C=S) groups is 1. The van der Waals surface area contributed by atoms with Gasteiger partial charge in [-0.1, -0.05) is 29.3 Å². The number of rotatable bonds is 5. The Kier molecular flexibility index (Phi) is 6.95. The van der Waals surface area contributed by atoms with Crippen molar-refractivity contribution in [1.29, 1.82) is 0 Å². The molecule has 10 heteroatoms. The Hall–Kier alpha value is -2.42. The van der Waals surface area contributed by atoms with Gasteiger partial charge in [-0.15, -0.1) is 0 Å². The maximum Gasteiger partial charge on any atom is 0.274 e. The molecule has 27 heavy (non-hydrogen) atoms. The number of halogens is 2. The van der Waals surface area contributed by atoms with Crippen LogP contribution >= 0.6 is 35.4 Å². The van der Waals surface area contributed by atoms with Crippen molar-refractivity contribution in [2.45, 2.75) is 20.0 Å². The molecule has 2 aromatic carbocycles. The van der Waals surface area contributed by atoms with Crippen LogP contribution in [0.2, 0.25) is 10.0 Å². The largest absolute Gasteiger partial charge is 0.479 e. The monoisotopic (exact) mass is 427 g/mol. The molecule has 142 valence electrons. The number of carbonyl (C=O) groups is 1. The zero-order chi connectivity index (χ0) is 20.1. The molecule has 1 unspecified atom stereocenters. The molecule has 7 nitrogen and oxygen atoms in total. The van der Waals surface area contributed by atoms with E-state index >= 15 is 0 Å². The summed E-state index contributed by atoms with van der Waals surface area (Å²) in [6.45, 7) is 3.11. The van der Waals surface area contributed by atoms with Crippen LogP contribution in [0, 0.1) is 17.0 Å². The molecule has 1 atom stereocenters. The number of nitro benzene ring substituents is 1. The van der Waals surface area contributed by atoms with E-state index in [2.05, 4.69) is 10.6 Å². The summed E-state index contributed by atoms with van der Waals surface area (Å²) in [6, 6.07) is 9.16. The lowest BCUT2D eigenvalue weighted by Crippen LogP contribution is -2.42. The summed E-state index contributed by atoms with van der Waals surface area (Å²) in [5.41, 5.74) is 0.767. The highest BCUT2D eigenvalue weighted by atomic mass is 35.5. The third kappa shape index (κ3) is 5.53. The smallest absolute Gasteiger partial charge is 0.274 e. The van der Waals surface area contributed by atoms with Crippen molar-refractivity contribution in [3.8, 4) is 5.75 Å². The molecule has 0 bridgehead atoms. The maximum absolute atomic E-state index is 12.2. The van der Waals surface area contributed by atoms with Crippen LogP contribution in [-0.2, 0) is 4.79 Å². The van der Waals surface area contributed by atoms with Gasteiger partial charge in [0, 0.05) is 11.1 Å². The Morgan fingerprint density at radius 1 is 1.30 bits per heavy atom. The molecular weight excluding hydrogens is 413 g/mol. The van der Waals surface area contributed by atoms with E-state index in [-0.39, 0.29) is 15.8 Å². The van der Waals surface area contributed by atoms with Crippen molar-refractivity contribution in [2.75, 3.05) is 5.32 Å². The molecule has 2 rings (SSSR count). The normalized spacial score (nSPS) is 11.4. The number of nitro groups is 1. The number of ether oxygens (including phenoxy) is 1. The van der Waals surface area contributed by atoms with Gasteiger partial charge in [-0.3, -0.25) is 20.2 Å². The fraction of sp³-hybridized carbons (Fsp3) is 0.176. The number of benzene rings is 2. The zero-order valence-electron chi connectivity index (χ0n) is 14.3. The first kappa shape index (κ1) is 20.9. The summed E-state index contributed by atoms with van der Waals surface area (Å²) in [4.78, 5) is 22.7. The van der Waals surface area contributed by atoms with Crippen LogP contribution in [0.15, 0.2) is 36.4 Å². The van der Waals surface area contributed by atoms with Crippen molar-refractivity contribution in [3.05, 3.63) is 62.1 Å². The van der Waals surface area contributed by atoms with E-state index in [1.807, 2.05) is 0 Å². The number of amides is 1. The standard InChI is InChI=1S/C17H15Cl2N3O4S/c1-9-13(4-3-5-14(9)22(24)25)20-17(27)21-16(23)10(2)26-15-7-6-11(18)8-12(15)19/h3-8,10H,1-2H3,(H2,20,21,23,27). The second-order valence-corrected chi connectivity index (χ2v) is 6.74. The molecule has 0 fully saturated rings. The number of hydrogen-bond acceptors (Lipinski definition) is 5. The number of anilines is 1. The highest BCUT2D eigenvalue weighted by Crippen LogP contribution is 2.28. The first-order valence-electron chi connectivity index (χ1n) is 7.66. The van der Waals surface area contributed by atoms with Crippen molar-refractivity contribution in [1.82, 2.24) is 5.32 Å². The van der Waals surface area contributed by atoms with Gasteiger partial charge < -0.3 is 10.1 Å². The van der Waals surface area contributed by atoms with Crippen LogP contribution in [0.3, 0.4) is 0 Å². The van der Waals surface area contributed by atoms with Crippen LogP contribution in [0.1, 0.15) is 12.5 Å². The van der Waals surface area contributed by atoms with Gasteiger partial charge >= 0.3 is 0 Å². The van der Waals surface area contributed by atoms with Crippen LogP contribution in [0.5, 0.6) is 5.75 Å². The molecule has 1 amide bonds. The van der Waals surface area contributed by atoms with Crippen LogP contribution in [0.4, 0.5) is 11.4 Å². The molecular formula is C17H15Cl2N3O4S. The fourth-order valence-corrected chi connectivity index (χ4v) is 2.80. The summed E-state index contributed by atoms with van der Waals surface area (Å²) in [7, 11) is 0. The van der Waals surface area contributed by atoms with Gasteiger partial charge in [0.05, 0.1) is 21.2 Å². The molecule has 2 N–H and O–H groups in total. The predicted octanol–water partition coefficient (Wildman–Crippen LogP) is 4.49. The van der Waals surface area contributed by atoms with Gasteiger partial charge in [-0.05, 0) is 50.3 Å². The van der Waals surface area contributed by atoms with Crippen molar-refractivity contribution in [2.24, 2.45) is 0 Å². The highest BCUT2D eigenvalue weighted by molar-refractivity contribution is 7.80. The van der Waals surface area contributed by atoms with Crippen LogP contribution in [0.25, 0.3) is 0 Å². The van der Waals surface area contributed by atoms with Gasteiger partial charge in [0.2, 0.25) is 0 Å². The van der Waals surface area contributed by atoms with Gasteiger partial charge in [0.25, 0.3) is 11.6 Å². The minimum atomic E-state index is -0.894. The molecule has 0 saturated heterocycles. The Labute approximate surface area is 170 Å². The first-order chi connectivity index (χ1) is 12.7. The van der Waals surface area contributed by atoms with E-state index in [1.54, 1.807) is 25.1 Å². The fourth-order valence-electron chi connectivity index (χ4n) is 2.14. The van der Waals surface area contributed by atoms with E-state index in [0.717, 1.165) is 0 Å². The minimum absolute atomic E-state index is 0.0127. The molecule has 2 aromatic rings.